The fourth-order valence-electron chi connectivity index (χ4n) is 4.24. The molecule has 164 valence electrons. The number of rotatable bonds is 7. The largest absolute Gasteiger partial charge is 0.349 e. The second-order valence-electron chi connectivity index (χ2n) is 7.72. The summed E-state index contributed by atoms with van der Waals surface area (Å²) in [4.78, 5) is 1.89. The molecule has 0 amide bonds. The fraction of sp³-hybridized carbons (Fsp3) is 0.476. The van der Waals surface area contributed by atoms with Crippen molar-refractivity contribution in [2.75, 3.05) is 18.8 Å². The predicted octanol–water partition coefficient (Wildman–Crippen LogP) is 3.25. The first-order valence-corrected chi connectivity index (χ1v) is 12.9. The molecule has 0 radical (unpaired) electrons. The van der Waals surface area contributed by atoms with E-state index >= 15 is 0 Å². The molecule has 1 heterocycles. The Bertz CT molecular complexity index is 946. The van der Waals surface area contributed by atoms with Gasteiger partial charge < -0.3 is 5.11 Å². The molecule has 6 nitrogen and oxygen atoms in total. The molecule has 3 rings (SSSR count). The SMILES string of the molecule is C=CC[N+](CC=C)=C1SCC(O)(c2ccc(Cl)c(S(N)(=O)=O)c2)N1C1CCCCC1. The molecule has 0 spiro atoms. The molecule has 1 saturated heterocycles. The second-order valence-corrected chi connectivity index (χ2v) is 10.6. The highest BCUT2D eigenvalue weighted by molar-refractivity contribution is 8.13. The van der Waals surface area contributed by atoms with Crippen LogP contribution in [0, 0.1) is 0 Å². The van der Waals surface area contributed by atoms with E-state index < -0.39 is 15.7 Å². The van der Waals surface area contributed by atoms with Gasteiger partial charge in [0.05, 0.1) is 16.8 Å². The molecular formula is C21H29ClN3O3S2+. The van der Waals surface area contributed by atoms with Gasteiger partial charge in [0.15, 0.2) is 0 Å². The third-order valence-electron chi connectivity index (χ3n) is 5.62. The number of nitrogens with two attached hydrogens (primary N) is 1. The maximum atomic E-state index is 12.0. The maximum Gasteiger partial charge on any atom is 0.312 e. The van der Waals surface area contributed by atoms with Crippen LogP contribution in [0.1, 0.15) is 37.7 Å². The van der Waals surface area contributed by atoms with E-state index in [1.165, 1.54) is 18.6 Å². The Morgan fingerprint density at radius 2 is 1.90 bits per heavy atom. The number of benzene rings is 1. The van der Waals surface area contributed by atoms with Crippen LogP contribution in [-0.2, 0) is 15.7 Å². The molecule has 2 fully saturated rings. The van der Waals surface area contributed by atoms with E-state index in [9.17, 15) is 13.5 Å². The summed E-state index contributed by atoms with van der Waals surface area (Å²) >= 11 is 7.65. The number of nitrogens with zero attached hydrogens (tertiary/aromatic N) is 2. The summed E-state index contributed by atoms with van der Waals surface area (Å²) < 4.78 is 26.1. The summed E-state index contributed by atoms with van der Waals surface area (Å²) in [5.41, 5.74) is -0.895. The lowest BCUT2D eigenvalue weighted by molar-refractivity contribution is -0.511. The molecule has 9 heteroatoms. The van der Waals surface area contributed by atoms with Gasteiger partial charge in [0.25, 0.3) is 0 Å². The summed E-state index contributed by atoms with van der Waals surface area (Å²) in [6, 6.07) is 4.73. The van der Waals surface area contributed by atoms with Crippen molar-refractivity contribution in [2.45, 2.75) is 48.8 Å². The summed E-state index contributed by atoms with van der Waals surface area (Å²) in [6.07, 6.45) is 8.98. The average Bonchev–Trinajstić information content (AvgIpc) is 3.06. The van der Waals surface area contributed by atoms with Gasteiger partial charge in [0, 0.05) is 5.56 Å². The summed E-state index contributed by atoms with van der Waals surface area (Å²) in [6.45, 7) is 8.96. The minimum absolute atomic E-state index is 0.0452. The van der Waals surface area contributed by atoms with Crippen molar-refractivity contribution in [1.29, 1.82) is 0 Å². The summed E-state index contributed by atoms with van der Waals surface area (Å²) in [5.74, 6) is 0.370. The minimum Gasteiger partial charge on any atom is -0.349 e. The number of sulfonamides is 1. The van der Waals surface area contributed by atoms with E-state index in [1.807, 2.05) is 12.2 Å². The Morgan fingerprint density at radius 1 is 1.27 bits per heavy atom. The van der Waals surface area contributed by atoms with Crippen molar-refractivity contribution < 1.29 is 18.1 Å². The molecule has 1 aliphatic carbocycles. The molecule has 2 aliphatic rings. The average molecular weight is 471 g/mol. The van der Waals surface area contributed by atoms with Gasteiger partial charge in [0.2, 0.25) is 15.7 Å². The normalized spacial score (nSPS) is 22.9. The Balaban J connectivity index is 2.15. The van der Waals surface area contributed by atoms with Gasteiger partial charge >= 0.3 is 5.17 Å². The van der Waals surface area contributed by atoms with Gasteiger partial charge in [-0.25, -0.2) is 23.0 Å². The molecule has 1 atom stereocenters. The number of aliphatic hydroxyl groups is 1. The van der Waals surface area contributed by atoms with E-state index in [0.717, 1.165) is 30.9 Å². The maximum absolute atomic E-state index is 12.0. The molecule has 0 aromatic heterocycles. The molecule has 3 N–H and O–H groups in total. The van der Waals surface area contributed by atoms with Crippen molar-refractivity contribution in [2.24, 2.45) is 5.14 Å². The lowest BCUT2D eigenvalue weighted by Crippen LogP contribution is -2.53. The Kier molecular flexibility index (Phi) is 7.35. The summed E-state index contributed by atoms with van der Waals surface area (Å²) in [5, 5.41) is 18.3. The van der Waals surface area contributed by atoms with Gasteiger partial charge in [-0.1, -0.05) is 49.4 Å². The Hall–Kier alpha value is -1.32. The van der Waals surface area contributed by atoms with Crippen LogP contribution in [0.2, 0.25) is 5.02 Å². The van der Waals surface area contributed by atoms with E-state index in [2.05, 4.69) is 22.6 Å². The van der Waals surface area contributed by atoms with Crippen LogP contribution in [0.3, 0.4) is 0 Å². The summed E-state index contributed by atoms with van der Waals surface area (Å²) in [7, 11) is -4.01. The lowest BCUT2D eigenvalue weighted by atomic mass is 9.91. The van der Waals surface area contributed by atoms with Crippen LogP contribution in [0.15, 0.2) is 48.4 Å². The standard InChI is InChI=1S/C21H29ClN3O3S2/c1-3-12-24(13-4-2)20-25(17-8-6-5-7-9-17)21(26,15-29-20)16-10-11-18(22)19(14-16)30(23,27)28/h3-4,10-11,14,17,26H,1-2,5-9,12-13,15H2,(H2,23,27,28)/q+1. The van der Waals surface area contributed by atoms with Crippen LogP contribution >= 0.6 is 23.4 Å². The van der Waals surface area contributed by atoms with Crippen molar-refractivity contribution in [3.8, 4) is 0 Å². The molecular weight excluding hydrogens is 442 g/mol. The zero-order chi connectivity index (χ0) is 21.9. The molecule has 0 bridgehead atoms. The highest BCUT2D eigenvalue weighted by atomic mass is 35.5. The molecule has 1 unspecified atom stereocenters. The molecule has 1 aromatic carbocycles. The number of amidine groups is 1. The second kappa shape index (κ2) is 9.44. The highest BCUT2D eigenvalue weighted by Gasteiger charge is 2.55. The Morgan fingerprint density at radius 3 is 2.47 bits per heavy atom. The number of halogens is 1. The Labute approximate surface area is 188 Å². The molecule has 1 saturated carbocycles. The zero-order valence-corrected chi connectivity index (χ0v) is 19.4. The quantitative estimate of drug-likeness (QED) is 0.472. The van der Waals surface area contributed by atoms with Crippen LogP contribution in [-0.4, -0.2) is 53.1 Å². The first kappa shape index (κ1) is 23.3. The van der Waals surface area contributed by atoms with Crippen molar-refractivity contribution >= 4 is 38.6 Å². The van der Waals surface area contributed by atoms with Gasteiger partial charge in [-0.15, -0.1) is 0 Å². The van der Waals surface area contributed by atoms with Gasteiger partial charge in [-0.3, -0.25) is 0 Å². The van der Waals surface area contributed by atoms with Gasteiger partial charge in [-0.2, -0.15) is 0 Å². The van der Waals surface area contributed by atoms with Crippen LogP contribution in [0.5, 0.6) is 0 Å². The molecule has 1 aromatic rings. The first-order valence-electron chi connectivity index (χ1n) is 10.0. The van der Waals surface area contributed by atoms with E-state index in [4.69, 9.17) is 16.7 Å². The molecule has 1 aliphatic heterocycles. The van der Waals surface area contributed by atoms with Crippen LogP contribution in [0.25, 0.3) is 0 Å². The zero-order valence-electron chi connectivity index (χ0n) is 17.0. The number of hydrogen-bond donors (Lipinski definition) is 2. The number of primary sulfonamides is 1. The molecule has 30 heavy (non-hydrogen) atoms. The first-order chi connectivity index (χ1) is 14.2. The van der Waals surface area contributed by atoms with Crippen LogP contribution in [0.4, 0.5) is 0 Å². The van der Waals surface area contributed by atoms with E-state index in [1.54, 1.807) is 17.8 Å². The van der Waals surface area contributed by atoms with E-state index in [0.29, 0.717) is 24.4 Å². The monoisotopic (exact) mass is 470 g/mol. The lowest BCUT2D eigenvalue weighted by Gasteiger charge is -2.36. The van der Waals surface area contributed by atoms with Crippen molar-refractivity contribution in [3.05, 3.63) is 54.1 Å². The topological polar surface area (TPSA) is 86.6 Å². The van der Waals surface area contributed by atoms with Crippen molar-refractivity contribution in [3.63, 3.8) is 0 Å². The van der Waals surface area contributed by atoms with E-state index in [-0.39, 0.29) is 16.0 Å². The minimum atomic E-state index is -4.01. The third-order valence-corrected chi connectivity index (χ3v) is 8.27. The number of thioether (sulfide) groups is 1. The third kappa shape index (κ3) is 4.62. The van der Waals surface area contributed by atoms with Gasteiger partial charge in [-0.05, 0) is 49.6 Å². The van der Waals surface area contributed by atoms with Crippen LogP contribution < -0.4 is 5.14 Å². The van der Waals surface area contributed by atoms with Crippen molar-refractivity contribution in [1.82, 2.24) is 4.90 Å². The predicted molar refractivity (Wildman–Crippen MR) is 123 cm³/mol. The number of hydrogen-bond acceptors (Lipinski definition) is 4. The fourth-order valence-corrected chi connectivity index (χ4v) is 6.72. The van der Waals surface area contributed by atoms with Gasteiger partial charge in [0.1, 0.15) is 18.0 Å². The smallest absolute Gasteiger partial charge is 0.312 e. The highest BCUT2D eigenvalue weighted by Crippen LogP contribution is 2.44.